The molecule has 3 atom stereocenters. The molecule has 0 bridgehead atoms. The van der Waals surface area contributed by atoms with Gasteiger partial charge in [0.05, 0.1) is 12.0 Å². The van der Waals surface area contributed by atoms with E-state index in [0.717, 1.165) is 35.6 Å². The fraction of sp³-hybridized carbons (Fsp3) is 0.487. The number of nitrogens with zero attached hydrogens (tertiary/aromatic N) is 2. The Hall–Kier alpha value is -3.78. The molecule has 0 aromatic heterocycles. The third kappa shape index (κ3) is 8.03. The summed E-state index contributed by atoms with van der Waals surface area (Å²) < 4.78 is 34.4. The van der Waals surface area contributed by atoms with Gasteiger partial charge in [0, 0.05) is 43.7 Å². The molecule has 0 aliphatic carbocycles. The lowest BCUT2D eigenvalue weighted by Crippen LogP contribution is -2.44. The minimum Gasteiger partial charge on any atom is -0.445 e. The van der Waals surface area contributed by atoms with Crippen molar-refractivity contribution in [3.8, 4) is 0 Å². The van der Waals surface area contributed by atoms with E-state index in [0.29, 0.717) is 38.2 Å². The van der Waals surface area contributed by atoms with Crippen LogP contribution in [0.2, 0.25) is 0 Å². The number of likely N-dealkylation sites (tertiary alicyclic amines) is 2. The van der Waals surface area contributed by atoms with Crippen molar-refractivity contribution in [1.82, 2.24) is 15.1 Å². The Morgan fingerprint density at radius 3 is 2.26 bits per heavy atom. The number of nitrogens with one attached hydrogen (secondary N) is 1. The standard InChI is InChI=1S/C39H49F2N3O3/c1-7-36(42-38(46)47-24-27-11-9-8-10-12-27)32-20-26(3)25(2)19-31(32)28-15-17-43(18-16-28)37(45)34-23-44(39(4,5)6)22-33(34)30-14-13-29(40)21-35(30)41/h8-14,19-21,28,33-34,36H,7,15-18,22-24H2,1-6H3,(H,42,46)/t33-,34+,36-/m0/s1. The molecule has 0 unspecified atom stereocenters. The lowest BCUT2D eigenvalue weighted by atomic mass is 9.81. The molecule has 6 nitrogen and oxygen atoms in total. The van der Waals surface area contributed by atoms with Gasteiger partial charge in [-0.1, -0.05) is 55.5 Å². The molecule has 2 aliphatic rings. The molecule has 2 fully saturated rings. The number of alkyl carbamates (subject to hydrolysis) is 1. The summed E-state index contributed by atoms with van der Waals surface area (Å²) in [5, 5.41) is 3.10. The van der Waals surface area contributed by atoms with Crippen molar-refractivity contribution in [1.29, 1.82) is 0 Å². The molecule has 8 heteroatoms. The number of halogens is 2. The Bertz CT molecular complexity index is 1560. The Balaban J connectivity index is 1.30. The fourth-order valence-electron chi connectivity index (χ4n) is 7.19. The van der Waals surface area contributed by atoms with Gasteiger partial charge in [-0.2, -0.15) is 0 Å². The summed E-state index contributed by atoms with van der Waals surface area (Å²) >= 11 is 0. The predicted molar refractivity (Wildman–Crippen MR) is 181 cm³/mol. The van der Waals surface area contributed by atoms with Crippen LogP contribution in [0.5, 0.6) is 0 Å². The first-order chi connectivity index (χ1) is 22.3. The number of rotatable bonds is 8. The average molecular weight is 646 g/mol. The number of ether oxygens (including phenoxy) is 1. The van der Waals surface area contributed by atoms with Crippen molar-refractivity contribution < 1.29 is 23.1 Å². The third-order valence-corrected chi connectivity index (χ3v) is 10.2. The monoisotopic (exact) mass is 645 g/mol. The van der Waals surface area contributed by atoms with Gasteiger partial charge in [-0.05, 0) is 99.2 Å². The van der Waals surface area contributed by atoms with E-state index < -0.39 is 23.6 Å². The molecule has 252 valence electrons. The van der Waals surface area contributed by atoms with Gasteiger partial charge in [-0.15, -0.1) is 0 Å². The van der Waals surface area contributed by atoms with Crippen LogP contribution in [0.3, 0.4) is 0 Å². The number of carbonyl (C=O) groups is 2. The van der Waals surface area contributed by atoms with Gasteiger partial charge >= 0.3 is 6.09 Å². The van der Waals surface area contributed by atoms with Crippen molar-refractivity contribution >= 4 is 12.0 Å². The highest BCUT2D eigenvalue weighted by Crippen LogP contribution is 2.40. The highest BCUT2D eigenvalue weighted by atomic mass is 19.1. The van der Waals surface area contributed by atoms with E-state index >= 15 is 4.39 Å². The fourth-order valence-corrected chi connectivity index (χ4v) is 7.19. The number of hydrogen-bond acceptors (Lipinski definition) is 4. The summed E-state index contributed by atoms with van der Waals surface area (Å²) in [7, 11) is 0. The lowest BCUT2D eigenvalue weighted by molar-refractivity contribution is -0.136. The van der Waals surface area contributed by atoms with Crippen molar-refractivity contribution in [3.63, 3.8) is 0 Å². The molecule has 0 saturated carbocycles. The van der Waals surface area contributed by atoms with Gasteiger partial charge in [-0.25, -0.2) is 13.6 Å². The first-order valence-corrected chi connectivity index (χ1v) is 16.9. The first-order valence-electron chi connectivity index (χ1n) is 16.9. The zero-order valence-electron chi connectivity index (χ0n) is 28.6. The molecule has 3 aromatic rings. The van der Waals surface area contributed by atoms with Gasteiger partial charge in [0.1, 0.15) is 18.2 Å². The number of benzene rings is 3. The smallest absolute Gasteiger partial charge is 0.407 e. The van der Waals surface area contributed by atoms with Crippen LogP contribution in [-0.2, 0) is 16.1 Å². The highest BCUT2D eigenvalue weighted by Gasteiger charge is 2.45. The Morgan fingerprint density at radius 1 is 0.936 bits per heavy atom. The van der Waals surface area contributed by atoms with Gasteiger partial charge in [0.25, 0.3) is 0 Å². The van der Waals surface area contributed by atoms with Crippen LogP contribution in [0, 0.1) is 31.4 Å². The van der Waals surface area contributed by atoms with Crippen LogP contribution in [0.4, 0.5) is 13.6 Å². The van der Waals surface area contributed by atoms with E-state index in [9.17, 15) is 14.0 Å². The van der Waals surface area contributed by atoms with Crippen LogP contribution in [0.1, 0.15) is 98.2 Å². The van der Waals surface area contributed by atoms with E-state index in [-0.39, 0.29) is 35.9 Å². The van der Waals surface area contributed by atoms with Crippen molar-refractivity contribution in [2.75, 3.05) is 26.2 Å². The van der Waals surface area contributed by atoms with Crippen molar-refractivity contribution in [3.05, 3.63) is 106 Å². The molecule has 47 heavy (non-hydrogen) atoms. The number of piperidine rings is 1. The summed E-state index contributed by atoms with van der Waals surface area (Å²) in [4.78, 5) is 31.2. The van der Waals surface area contributed by atoms with Crippen LogP contribution in [0.15, 0.2) is 60.7 Å². The number of amides is 2. The molecule has 3 aromatic carbocycles. The van der Waals surface area contributed by atoms with Crippen LogP contribution >= 0.6 is 0 Å². The average Bonchev–Trinajstić information content (AvgIpc) is 3.50. The molecule has 5 rings (SSSR count). The minimum atomic E-state index is -0.614. The molecule has 0 spiro atoms. The summed E-state index contributed by atoms with van der Waals surface area (Å²) in [6.07, 6.45) is 1.85. The number of aryl methyl sites for hydroxylation is 2. The van der Waals surface area contributed by atoms with Gasteiger partial charge in [0.2, 0.25) is 5.91 Å². The summed E-state index contributed by atoms with van der Waals surface area (Å²) in [6.45, 7) is 15.1. The zero-order valence-corrected chi connectivity index (χ0v) is 28.6. The molecular weight excluding hydrogens is 596 g/mol. The maximum atomic E-state index is 15.0. The predicted octanol–water partition coefficient (Wildman–Crippen LogP) is 8.18. The van der Waals surface area contributed by atoms with E-state index in [1.165, 1.54) is 23.3 Å². The van der Waals surface area contributed by atoms with Crippen molar-refractivity contribution in [2.24, 2.45) is 5.92 Å². The minimum absolute atomic E-state index is 0.0403. The molecule has 2 aliphatic heterocycles. The van der Waals surface area contributed by atoms with Gasteiger partial charge in [0.15, 0.2) is 0 Å². The van der Waals surface area contributed by atoms with Crippen LogP contribution in [-0.4, -0.2) is 53.5 Å². The van der Waals surface area contributed by atoms with E-state index in [1.54, 1.807) is 0 Å². The topological polar surface area (TPSA) is 61.9 Å². The second-order valence-corrected chi connectivity index (χ2v) is 14.3. The Kier molecular flexibility index (Phi) is 10.7. The molecule has 2 amide bonds. The van der Waals surface area contributed by atoms with Crippen LogP contribution in [0.25, 0.3) is 0 Å². The maximum absolute atomic E-state index is 15.0. The summed E-state index contributed by atoms with van der Waals surface area (Å²) in [5.74, 6) is -1.68. The van der Waals surface area contributed by atoms with E-state index in [1.807, 2.05) is 35.2 Å². The second-order valence-electron chi connectivity index (χ2n) is 14.3. The molecular formula is C39H49F2N3O3. The molecule has 1 N–H and O–H groups in total. The molecule has 2 heterocycles. The van der Waals surface area contributed by atoms with Crippen LogP contribution < -0.4 is 5.32 Å². The Morgan fingerprint density at radius 2 is 1.62 bits per heavy atom. The molecule has 2 saturated heterocycles. The maximum Gasteiger partial charge on any atom is 0.407 e. The van der Waals surface area contributed by atoms with E-state index in [2.05, 4.69) is 63.9 Å². The third-order valence-electron chi connectivity index (χ3n) is 10.2. The Labute approximate surface area is 278 Å². The second kappa shape index (κ2) is 14.5. The van der Waals surface area contributed by atoms with Crippen molar-refractivity contribution in [2.45, 2.75) is 90.8 Å². The van der Waals surface area contributed by atoms with E-state index in [4.69, 9.17) is 4.74 Å². The highest BCUT2D eigenvalue weighted by molar-refractivity contribution is 5.81. The van der Waals surface area contributed by atoms with Gasteiger partial charge in [-0.3, -0.25) is 9.69 Å². The SMILES string of the molecule is CC[C@H](NC(=O)OCc1ccccc1)c1cc(C)c(C)cc1C1CCN(C(=O)[C@@H]2CN(C(C)(C)C)C[C@H]2c2ccc(F)cc2F)CC1. The summed E-state index contributed by atoms with van der Waals surface area (Å²) in [5.41, 5.74) is 5.82. The molecule has 0 radical (unpaired) electrons. The normalized spacial score (nSPS) is 19.9. The first kappa shape index (κ1) is 34.6. The summed E-state index contributed by atoms with van der Waals surface area (Å²) in [6, 6.07) is 17.6. The van der Waals surface area contributed by atoms with Gasteiger partial charge < -0.3 is 15.0 Å². The number of hydrogen-bond donors (Lipinski definition) is 1. The lowest BCUT2D eigenvalue weighted by Gasteiger charge is -2.36. The number of carbonyl (C=O) groups excluding carboxylic acids is 2. The largest absolute Gasteiger partial charge is 0.445 e. The zero-order chi connectivity index (χ0) is 33.9. The quantitative estimate of drug-likeness (QED) is 0.269.